The average Bonchev–Trinajstić information content (AvgIpc) is 2.79. The van der Waals surface area contributed by atoms with E-state index in [-0.39, 0.29) is 12.2 Å². The summed E-state index contributed by atoms with van der Waals surface area (Å²) in [6.45, 7) is 1.73. The van der Waals surface area contributed by atoms with Gasteiger partial charge in [-0.1, -0.05) is 78.9 Å². The molecule has 0 aliphatic heterocycles. The number of rotatable bonds is 8. The first-order chi connectivity index (χ1) is 15.0. The molecular formula is C27H25NO3. The Bertz CT molecular complexity index is 1240. The molecule has 0 saturated carbocycles. The number of anilines is 1. The number of aryl methyl sites for hydroxylation is 1. The number of aliphatic carboxylic acids is 1. The minimum Gasteiger partial charge on any atom is -0.481 e. The van der Waals surface area contributed by atoms with Crippen LogP contribution in [0.5, 0.6) is 0 Å². The SMILES string of the molecule is C[C@H](Nc1cccc2ccccc12)C(=O)C(CCc1cccc2ccccc12)C(=O)O. The molecule has 31 heavy (non-hydrogen) atoms. The smallest absolute Gasteiger partial charge is 0.314 e. The van der Waals surface area contributed by atoms with Crippen LogP contribution in [0.25, 0.3) is 21.5 Å². The van der Waals surface area contributed by atoms with Gasteiger partial charge in [0.1, 0.15) is 5.92 Å². The highest BCUT2D eigenvalue weighted by atomic mass is 16.4. The molecule has 4 rings (SSSR count). The van der Waals surface area contributed by atoms with Crippen molar-refractivity contribution < 1.29 is 14.7 Å². The normalized spacial score (nSPS) is 13.1. The van der Waals surface area contributed by atoms with Gasteiger partial charge in [0, 0.05) is 11.1 Å². The lowest BCUT2D eigenvalue weighted by atomic mass is 9.90. The number of benzene rings is 4. The van der Waals surface area contributed by atoms with Gasteiger partial charge in [0.15, 0.2) is 5.78 Å². The van der Waals surface area contributed by atoms with Gasteiger partial charge < -0.3 is 10.4 Å². The van der Waals surface area contributed by atoms with E-state index in [1.165, 1.54) is 0 Å². The van der Waals surface area contributed by atoms with Crippen molar-refractivity contribution in [2.24, 2.45) is 5.92 Å². The fourth-order valence-corrected chi connectivity index (χ4v) is 4.16. The van der Waals surface area contributed by atoms with Gasteiger partial charge in [-0.3, -0.25) is 9.59 Å². The number of nitrogens with one attached hydrogen (secondary N) is 1. The second kappa shape index (κ2) is 9.00. The molecule has 156 valence electrons. The third-order valence-corrected chi connectivity index (χ3v) is 5.81. The number of carboxylic acid groups (broad SMARTS) is 1. The zero-order chi connectivity index (χ0) is 21.8. The Hall–Kier alpha value is -3.66. The van der Waals surface area contributed by atoms with Crippen LogP contribution in [-0.4, -0.2) is 22.9 Å². The van der Waals surface area contributed by atoms with Crippen LogP contribution in [0.1, 0.15) is 18.9 Å². The lowest BCUT2D eigenvalue weighted by Crippen LogP contribution is -2.36. The molecule has 4 aromatic rings. The van der Waals surface area contributed by atoms with Crippen molar-refractivity contribution >= 4 is 39.0 Å². The van der Waals surface area contributed by atoms with Gasteiger partial charge in [-0.2, -0.15) is 0 Å². The van der Waals surface area contributed by atoms with E-state index in [1.54, 1.807) is 6.92 Å². The van der Waals surface area contributed by atoms with E-state index in [0.29, 0.717) is 6.42 Å². The lowest BCUT2D eigenvalue weighted by Gasteiger charge is -2.20. The number of carbonyl (C=O) groups excluding carboxylic acids is 1. The van der Waals surface area contributed by atoms with Crippen molar-refractivity contribution in [3.63, 3.8) is 0 Å². The minimum atomic E-state index is -1.07. The molecule has 0 aliphatic rings. The van der Waals surface area contributed by atoms with Gasteiger partial charge in [0.05, 0.1) is 6.04 Å². The highest BCUT2D eigenvalue weighted by Gasteiger charge is 2.30. The van der Waals surface area contributed by atoms with Gasteiger partial charge in [0.2, 0.25) is 0 Å². The van der Waals surface area contributed by atoms with Crippen LogP contribution >= 0.6 is 0 Å². The first-order valence-electron chi connectivity index (χ1n) is 10.5. The topological polar surface area (TPSA) is 66.4 Å². The highest BCUT2D eigenvalue weighted by molar-refractivity contribution is 6.03. The molecule has 1 unspecified atom stereocenters. The summed E-state index contributed by atoms with van der Waals surface area (Å²) in [5.74, 6) is -2.44. The van der Waals surface area contributed by atoms with Crippen LogP contribution in [0.3, 0.4) is 0 Å². The number of carboxylic acids is 1. The Morgan fingerprint density at radius 1 is 0.806 bits per heavy atom. The fourth-order valence-electron chi connectivity index (χ4n) is 4.16. The largest absolute Gasteiger partial charge is 0.481 e. The fraction of sp³-hybridized carbons (Fsp3) is 0.185. The summed E-state index contributed by atoms with van der Waals surface area (Å²) < 4.78 is 0. The maximum atomic E-state index is 13.1. The lowest BCUT2D eigenvalue weighted by molar-refractivity contribution is -0.146. The van der Waals surface area contributed by atoms with Crippen molar-refractivity contribution in [1.29, 1.82) is 0 Å². The van der Waals surface area contributed by atoms with Crippen molar-refractivity contribution in [3.05, 3.63) is 90.5 Å². The number of hydrogen-bond donors (Lipinski definition) is 2. The maximum Gasteiger partial charge on any atom is 0.314 e. The molecule has 0 radical (unpaired) electrons. The van der Waals surface area contributed by atoms with Crippen molar-refractivity contribution in [2.45, 2.75) is 25.8 Å². The standard InChI is InChI=1S/C27H25NO3/c1-18(28-25-15-7-12-20-9-3-5-14-23(20)25)26(29)24(27(30)31)17-16-21-11-6-10-19-8-2-4-13-22(19)21/h2-15,18,24,28H,16-17H2,1H3,(H,30,31)/t18-,24?/m0/s1. The van der Waals surface area contributed by atoms with Crippen LogP contribution < -0.4 is 5.32 Å². The Balaban J connectivity index is 1.51. The van der Waals surface area contributed by atoms with E-state index in [2.05, 4.69) is 5.32 Å². The minimum absolute atomic E-state index is 0.268. The van der Waals surface area contributed by atoms with Crippen LogP contribution in [-0.2, 0) is 16.0 Å². The number of carbonyl (C=O) groups is 2. The maximum absolute atomic E-state index is 13.1. The molecule has 4 aromatic carbocycles. The molecule has 0 bridgehead atoms. The summed E-state index contributed by atoms with van der Waals surface area (Å²) in [5, 5.41) is 17.3. The first-order valence-corrected chi connectivity index (χ1v) is 10.5. The number of Topliss-reactive ketones (excluding diaryl/α,β-unsaturated/α-hetero) is 1. The summed E-state index contributed by atoms with van der Waals surface area (Å²) in [5.41, 5.74) is 1.89. The van der Waals surface area contributed by atoms with Gasteiger partial charge >= 0.3 is 5.97 Å². The van der Waals surface area contributed by atoms with E-state index < -0.39 is 17.9 Å². The Kier molecular flexibility index (Phi) is 5.99. The van der Waals surface area contributed by atoms with Gasteiger partial charge in [-0.15, -0.1) is 0 Å². The Labute approximate surface area is 181 Å². The van der Waals surface area contributed by atoms with Crippen molar-refractivity contribution in [3.8, 4) is 0 Å². The predicted octanol–water partition coefficient (Wildman–Crippen LogP) is 5.70. The molecule has 4 nitrogen and oxygen atoms in total. The van der Waals surface area contributed by atoms with E-state index in [9.17, 15) is 14.7 Å². The molecule has 0 spiro atoms. The Morgan fingerprint density at radius 3 is 2.10 bits per heavy atom. The molecule has 2 N–H and O–H groups in total. The summed E-state index contributed by atoms with van der Waals surface area (Å²) in [6, 6.07) is 27.2. The second-order valence-electron chi connectivity index (χ2n) is 7.86. The van der Waals surface area contributed by atoms with Gasteiger partial charge in [-0.05, 0) is 47.6 Å². The van der Waals surface area contributed by atoms with Crippen LogP contribution in [0.4, 0.5) is 5.69 Å². The zero-order valence-electron chi connectivity index (χ0n) is 17.4. The van der Waals surface area contributed by atoms with Crippen LogP contribution in [0.2, 0.25) is 0 Å². The first kappa shape index (κ1) is 20.6. The van der Waals surface area contributed by atoms with Crippen LogP contribution in [0, 0.1) is 5.92 Å². The van der Waals surface area contributed by atoms with E-state index in [0.717, 1.165) is 32.8 Å². The average molecular weight is 412 g/mol. The summed E-state index contributed by atoms with van der Waals surface area (Å²) in [7, 11) is 0. The molecule has 0 fully saturated rings. The summed E-state index contributed by atoms with van der Waals surface area (Å²) in [4.78, 5) is 25.0. The van der Waals surface area contributed by atoms with Gasteiger partial charge in [-0.25, -0.2) is 0 Å². The van der Waals surface area contributed by atoms with E-state index in [1.807, 2.05) is 84.9 Å². The molecule has 0 saturated heterocycles. The Morgan fingerprint density at radius 2 is 1.39 bits per heavy atom. The van der Waals surface area contributed by atoms with Crippen molar-refractivity contribution in [2.75, 3.05) is 5.32 Å². The quantitative estimate of drug-likeness (QED) is 0.365. The van der Waals surface area contributed by atoms with Gasteiger partial charge in [0.25, 0.3) is 0 Å². The molecule has 0 amide bonds. The molecule has 0 aromatic heterocycles. The summed E-state index contributed by atoms with van der Waals surface area (Å²) in [6.07, 6.45) is 0.800. The highest BCUT2D eigenvalue weighted by Crippen LogP contribution is 2.25. The predicted molar refractivity (Wildman–Crippen MR) is 125 cm³/mol. The molecule has 2 atom stereocenters. The molecule has 0 aliphatic carbocycles. The molecular weight excluding hydrogens is 386 g/mol. The summed E-state index contributed by atoms with van der Waals surface area (Å²) >= 11 is 0. The van der Waals surface area contributed by atoms with E-state index in [4.69, 9.17) is 0 Å². The molecule has 0 heterocycles. The number of hydrogen-bond acceptors (Lipinski definition) is 3. The van der Waals surface area contributed by atoms with Crippen molar-refractivity contribution in [1.82, 2.24) is 0 Å². The van der Waals surface area contributed by atoms with Crippen LogP contribution in [0.15, 0.2) is 84.9 Å². The molecule has 4 heteroatoms. The zero-order valence-corrected chi connectivity index (χ0v) is 17.4. The number of fused-ring (bicyclic) bond motifs is 2. The third kappa shape index (κ3) is 4.43. The second-order valence-corrected chi connectivity index (χ2v) is 7.86. The number of ketones is 1. The van der Waals surface area contributed by atoms with E-state index >= 15 is 0 Å². The monoisotopic (exact) mass is 411 g/mol. The third-order valence-electron chi connectivity index (χ3n) is 5.81.